The van der Waals surface area contributed by atoms with Gasteiger partial charge >= 0.3 is 0 Å². The number of nitrogens with zero attached hydrogens (tertiary/aromatic N) is 2. The molecule has 2 aromatic rings. The lowest BCUT2D eigenvalue weighted by Gasteiger charge is -2.15. The highest BCUT2D eigenvalue weighted by molar-refractivity contribution is 5.42. The van der Waals surface area contributed by atoms with Gasteiger partial charge in [0.1, 0.15) is 23.9 Å². The molecule has 0 bridgehead atoms. The van der Waals surface area contributed by atoms with Gasteiger partial charge in [-0.2, -0.15) is 0 Å². The van der Waals surface area contributed by atoms with E-state index >= 15 is 0 Å². The Hall–Kier alpha value is -2.01. The second-order valence-electron chi connectivity index (χ2n) is 4.61. The first-order valence-corrected chi connectivity index (χ1v) is 6.72. The lowest BCUT2D eigenvalue weighted by atomic mass is 10.1. The molecule has 108 valence electrons. The van der Waals surface area contributed by atoms with E-state index in [4.69, 9.17) is 15.2 Å². The Labute approximate surface area is 119 Å². The summed E-state index contributed by atoms with van der Waals surface area (Å²) < 4.78 is 13.2. The lowest BCUT2D eigenvalue weighted by molar-refractivity contribution is 0.283. The third-order valence-corrected chi connectivity index (χ3v) is 3.21. The van der Waals surface area contributed by atoms with E-state index in [1.54, 1.807) is 13.3 Å². The fourth-order valence-electron chi connectivity index (χ4n) is 2.05. The third-order valence-electron chi connectivity index (χ3n) is 3.21. The van der Waals surface area contributed by atoms with E-state index in [0.29, 0.717) is 6.61 Å². The van der Waals surface area contributed by atoms with Crippen molar-refractivity contribution in [2.24, 2.45) is 5.73 Å². The van der Waals surface area contributed by atoms with Crippen molar-refractivity contribution >= 4 is 0 Å². The molecule has 1 aromatic carbocycles. The van der Waals surface area contributed by atoms with Crippen molar-refractivity contribution in [3.8, 4) is 11.5 Å². The molecule has 5 nitrogen and oxygen atoms in total. The van der Waals surface area contributed by atoms with Gasteiger partial charge in [0.25, 0.3) is 0 Å². The molecule has 1 heterocycles. The summed E-state index contributed by atoms with van der Waals surface area (Å²) in [4.78, 5) is 4.29. The quantitative estimate of drug-likeness (QED) is 0.880. The van der Waals surface area contributed by atoms with Crippen LogP contribution in [0.5, 0.6) is 11.5 Å². The Bertz CT molecular complexity index is 564. The van der Waals surface area contributed by atoms with Crippen molar-refractivity contribution < 1.29 is 9.47 Å². The Balaban J connectivity index is 2.19. The second-order valence-corrected chi connectivity index (χ2v) is 4.61. The fourth-order valence-corrected chi connectivity index (χ4v) is 2.05. The van der Waals surface area contributed by atoms with E-state index in [2.05, 4.69) is 11.9 Å². The van der Waals surface area contributed by atoms with Crippen LogP contribution in [0, 0.1) is 0 Å². The topological polar surface area (TPSA) is 62.3 Å². The molecule has 0 saturated heterocycles. The maximum absolute atomic E-state index is 5.97. The molecular formula is C15H21N3O2. The highest BCUT2D eigenvalue weighted by Crippen LogP contribution is 2.29. The molecule has 0 fully saturated rings. The highest BCUT2D eigenvalue weighted by Gasteiger charge is 2.11. The number of aryl methyl sites for hydroxylation is 1. The smallest absolute Gasteiger partial charge is 0.146 e. The van der Waals surface area contributed by atoms with Crippen molar-refractivity contribution in [2.75, 3.05) is 7.11 Å². The molecule has 0 aliphatic rings. The first kappa shape index (κ1) is 14.4. The van der Waals surface area contributed by atoms with E-state index < -0.39 is 0 Å². The fraction of sp³-hybridized carbons (Fsp3) is 0.400. The number of rotatable bonds is 6. The summed E-state index contributed by atoms with van der Waals surface area (Å²) >= 11 is 0. The minimum absolute atomic E-state index is 0.0955. The number of hydrogen-bond acceptors (Lipinski definition) is 4. The number of imidazole rings is 1. The molecule has 0 saturated carbocycles. The average molecular weight is 275 g/mol. The molecule has 2 N–H and O–H groups in total. The predicted octanol–water partition coefficient (Wildman–Crippen LogP) is 2.51. The minimum Gasteiger partial charge on any atom is -0.497 e. The Kier molecular flexibility index (Phi) is 4.63. The molecular weight excluding hydrogens is 254 g/mol. The second kappa shape index (κ2) is 6.43. The number of aromatic nitrogens is 2. The van der Waals surface area contributed by atoms with Gasteiger partial charge in [0.15, 0.2) is 0 Å². The summed E-state index contributed by atoms with van der Waals surface area (Å²) in [5.41, 5.74) is 6.93. The van der Waals surface area contributed by atoms with Crippen molar-refractivity contribution in [2.45, 2.75) is 33.0 Å². The van der Waals surface area contributed by atoms with E-state index in [9.17, 15) is 0 Å². The van der Waals surface area contributed by atoms with E-state index in [0.717, 1.165) is 29.4 Å². The van der Waals surface area contributed by atoms with Gasteiger partial charge in [-0.3, -0.25) is 0 Å². The van der Waals surface area contributed by atoms with Gasteiger partial charge in [-0.05, 0) is 19.9 Å². The maximum Gasteiger partial charge on any atom is 0.146 e. The van der Waals surface area contributed by atoms with E-state index in [1.165, 1.54) is 0 Å². The number of ether oxygens (including phenoxy) is 2. The Morgan fingerprint density at radius 2 is 2.20 bits per heavy atom. The van der Waals surface area contributed by atoms with Crippen LogP contribution in [0.1, 0.15) is 31.3 Å². The van der Waals surface area contributed by atoms with Crippen LogP contribution in [0.3, 0.4) is 0 Å². The largest absolute Gasteiger partial charge is 0.497 e. The van der Waals surface area contributed by atoms with Crippen molar-refractivity contribution in [3.63, 3.8) is 0 Å². The summed E-state index contributed by atoms with van der Waals surface area (Å²) in [5, 5.41) is 0. The van der Waals surface area contributed by atoms with Crippen LogP contribution in [0.4, 0.5) is 0 Å². The summed E-state index contributed by atoms with van der Waals surface area (Å²) in [7, 11) is 1.63. The lowest BCUT2D eigenvalue weighted by Crippen LogP contribution is -2.10. The first-order chi connectivity index (χ1) is 9.65. The summed E-state index contributed by atoms with van der Waals surface area (Å²) in [6.45, 7) is 5.29. The maximum atomic E-state index is 5.97. The third kappa shape index (κ3) is 3.11. The van der Waals surface area contributed by atoms with Crippen LogP contribution in [0.15, 0.2) is 30.6 Å². The molecule has 0 unspecified atom stereocenters. The Morgan fingerprint density at radius 3 is 2.85 bits per heavy atom. The first-order valence-electron chi connectivity index (χ1n) is 6.72. The molecule has 2 rings (SSSR count). The molecule has 0 spiro atoms. The standard InChI is InChI=1S/C15H21N3O2/c1-4-18-8-7-17-15(18)10-20-14-9-12(19-3)5-6-13(14)11(2)16/h5-9,11H,4,10,16H2,1-3H3/t11-/m0/s1. The summed E-state index contributed by atoms with van der Waals surface area (Å²) in [6, 6.07) is 5.59. The molecule has 0 amide bonds. The SMILES string of the molecule is CCn1ccnc1COc1cc(OC)ccc1[C@H](C)N. The molecule has 0 aliphatic heterocycles. The zero-order valence-corrected chi connectivity index (χ0v) is 12.2. The number of methoxy groups -OCH3 is 1. The van der Waals surface area contributed by atoms with Crippen molar-refractivity contribution in [1.82, 2.24) is 9.55 Å². The van der Waals surface area contributed by atoms with Gasteiger partial charge < -0.3 is 19.8 Å². The summed E-state index contributed by atoms with van der Waals surface area (Å²) in [6.07, 6.45) is 3.72. The van der Waals surface area contributed by atoms with Crippen LogP contribution in [-0.4, -0.2) is 16.7 Å². The summed E-state index contributed by atoms with van der Waals surface area (Å²) in [5.74, 6) is 2.39. The van der Waals surface area contributed by atoms with Gasteiger partial charge in [0.05, 0.1) is 7.11 Å². The number of nitrogens with two attached hydrogens (primary N) is 1. The van der Waals surface area contributed by atoms with Crippen molar-refractivity contribution in [3.05, 3.63) is 42.0 Å². The normalized spacial score (nSPS) is 12.2. The molecule has 5 heteroatoms. The molecule has 0 aliphatic carbocycles. The molecule has 1 aromatic heterocycles. The van der Waals surface area contributed by atoms with Gasteiger partial charge in [0, 0.05) is 36.6 Å². The number of benzene rings is 1. The zero-order chi connectivity index (χ0) is 14.5. The molecule has 1 atom stereocenters. The van der Waals surface area contributed by atoms with Crippen LogP contribution in [0.25, 0.3) is 0 Å². The zero-order valence-electron chi connectivity index (χ0n) is 12.2. The van der Waals surface area contributed by atoms with Gasteiger partial charge in [-0.15, -0.1) is 0 Å². The Morgan fingerprint density at radius 1 is 1.40 bits per heavy atom. The van der Waals surface area contributed by atoms with Gasteiger partial charge in [-0.1, -0.05) is 6.07 Å². The number of hydrogen-bond donors (Lipinski definition) is 1. The predicted molar refractivity (Wildman–Crippen MR) is 77.8 cm³/mol. The highest BCUT2D eigenvalue weighted by atomic mass is 16.5. The average Bonchev–Trinajstić information content (AvgIpc) is 2.91. The van der Waals surface area contributed by atoms with Crippen LogP contribution < -0.4 is 15.2 Å². The van der Waals surface area contributed by atoms with Gasteiger partial charge in [0.2, 0.25) is 0 Å². The van der Waals surface area contributed by atoms with E-state index in [1.807, 2.05) is 35.9 Å². The van der Waals surface area contributed by atoms with Crippen molar-refractivity contribution in [1.29, 1.82) is 0 Å². The van der Waals surface area contributed by atoms with Crippen LogP contribution >= 0.6 is 0 Å². The molecule has 0 radical (unpaired) electrons. The van der Waals surface area contributed by atoms with Crippen LogP contribution in [-0.2, 0) is 13.2 Å². The molecule has 20 heavy (non-hydrogen) atoms. The van der Waals surface area contributed by atoms with Gasteiger partial charge in [-0.25, -0.2) is 4.98 Å². The van der Waals surface area contributed by atoms with E-state index in [-0.39, 0.29) is 6.04 Å². The minimum atomic E-state index is -0.0955. The van der Waals surface area contributed by atoms with Crippen LogP contribution in [0.2, 0.25) is 0 Å². The monoisotopic (exact) mass is 275 g/mol.